The first-order valence-corrected chi connectivity index (χ1v) is 8.40. The number of aromatic amines is 1. The van der Waals surface area contributed by atoms with Gasteiger partial charge >= 0.3 is 5.97 Å². The Hall–Kier alpha value is -1.95. The fraction of sp³-hybridized carbons (Fsp3) is 0.375. The van der Waals surface area contributed by atoms with E-state index in [0.29, 0.717) is 6.42 Å². The quantitative estimate of drug-likeness (QED) is 0.732. The van der Waals surface area contributed by atoms with E-state index < -0.39 is 12.0 Å². The average molecular weight is 320 g/mol. The number of benzene rings is 1. The number of carbonyl (C=O) groups is 2. The molecule has 0 bridgehead atoms. The number of carbonyl (C=O) groups excluding carboxylic acids is 1. The molecular formula is C16H20N2O3S. The lowest BCUT2D eigenvalue weighted by Crippen LogP contribution is -2.42. The van der Waals surface area contributed by atoms with Gasteiger partial charge in [0.1, 0.15) is 6.04 Å². The van der Waals surface area contributed by atoms with E-state index in [1.165, 1.54) is 0 Å². The van der Waals surface area contributed by atoms with Crippen LogP contribution in [0, 0.1) is 0 Å². The standard InChI is InChI=1S/C16H20N2O3S/c1-10(22-2)7-15(19)18-14(16(20)21)8-11-9-17-13-6-4-3-5-12(11)13/h3-6,9-10,14,17H,7-8H2,1-2H3,(H,18,19)(H,20,21). The second-order valence-electron chi connectivity index (χ2n) is 5.27. The normalized spacial score (nSPS) is 13.7. The smallest absolute Gasteiger partial charge is 0.326 e. The lowest BCUT2D eigenvalue weighted by atomic mass is 10.0. The highest BCUT2D eigenvalue weighted by molar-refractivity contribution is 7.99. The number of fused-ring (bicyclic) bond motifs is 1. The van der Waals surface area contributed by atoms with Crippen LogP contribution in [0.25, 0.3) is 10.9 Å². The Kier molecular flexibility index (Phi) is 5.49. The van der Waals surface area contributed by atoms with Gasteiger partial charge in [-0.15, -0.1) is 0 Å². The van der Waals surface area contributed by atoms with Crippen molar-refractivity contribution in [3.8, 4) is 0 Å². The highest BCUT2D eigenvalue weighted by atomic mass is 32.2. The highest BCUT2D eigenvalue weighted by Gasteiger charge is 2.22. The van der Waals surface area contributed by atoms with E-state index in [4.69, 9.17) is 0 Å². The predicted octanol–water partition coefficient (Wildman–Crippen LogP) is 2.42. The topological polar surface area (TPSA) is 82.2 Å². The fourth-order valence-corrected chi connectivity index (χ4v) is 2.64. The number of aromatic nitrogens is 1. The van der Waals surface area contributed by atoms with Crippen LogP contribution in [-0.4, -0.2) is 39.5 Å². The summed E-state index contributed by atoms with van der Waals surface area (Å²) in [5.74, 6) is -1.25. The molecule has 0 aliphatic carbocycles. The molecule has 0 fully saturated rings. The number of rotatable bonds is 7. The summed E-state index contributed by atoms with van der Waals surface area (Å²) in [5, 5.41) is 13.1. The molecule has 1 amide bonds. The second kappa shape index (κ2) is 7.35. The van der Waals surface area contributed by atoms with Crippen LogP contribution >= 0.6 is 11.8 Å². The van der Waals surface area contributed by atoms with Crippen molar-refractivity contribution >= 4 is 34.5 Å². The minimum absolute atomic E-state index is 0.169. The van der Waals surface area contributed by atoms with Crippen molar-refractivity contribution in [1.82, 2.24) is 10.3 Å². The summed E-state index contributed by atoms with van der Waals surface area (Å²) < 4.78 is 0. The van der Waals surface area contributed by atoms with Gasteiger partial charge in [0.15, 0.2) is 0 Å². The summed E-state index contributed by atoms with van der Waals surface area (Å²) >= 11 is 1.58. The van der Waals surface area contributed by atoms with Crippen LogP contribution in [0.15, 0.2) is 30.5 Å². The molecule has 3 N–H and O–H groups in total. The van der Waals surface area contributed by atoms with E-state index in [1.807, 2.05) is 37.4 Å². The third kappa shape index (κ3) is 4.04. The van der Waals surface area contributed by atoms with Crippen molar-refractivity contribution in [3.63, 3.8) is 0 Å². The van der Waals surface area contributed by atoms with Gasteiger partial charge in [-0.3, -0.25) is 4.79 Å². The van der Waals surface area contributed by atoms with Gasteiger partial charge in [-0.05, 0) is 17.9 Å². The maximum atomic E-state index is 11.9. The second-order valence-corrected chi connectivity index (χ2v) is 6.55. The van der Waals surface area contributed by atoms with Gasteiger partial charge in [0, 0.05) is 35.2 Å². The SMILES string of the molecule is CSC(C)CC(=O)NC(Cc1c[nH]c2ccccc12)C(=O)O. The Morgan fingerprint density at radius 1 is 1.36 bits per heavy atom. The number of aliphatic carboxylic acids is 1. The summed E-state index contributed by atoms with van der Waals surface area (Å²) in [5.41, 5.74) is 1.85. The molecule has 118 valence electrons. The molecule has 0 radical (unpaired) electrons. The lowest BCUT2D eigenvalue weighted by molar-refractivity contribution is -0.141. The van der Waals surface area contributed by atoms with Crippen LogP contribution in [0.1, 0.15) is 18.9 Å². The van der Waals surface area contributed by atoms with Crippen LogP contribution in [0.2, 0.25) is 0 Å². The van der Waals surface area contributed by atoms with Gasteiger partial charge in [-0.2, -0.15) is 11.8 Å². The molecule has 0 saturated carbocycles. The van der Waals surface area contributed by atoms with E-state index in [2.05, 4.69) is 10.3 Å². The summed E-state index contributed by atoms with van der Waals surface area (Å²) in [6.07, 6.45) is 4.31. The monoisotopic (exact) mass is 320 g/mol. The molecule has 2 rings (SSSR count). The summed E-state index contributed by atoms with van der Waals surface area (Å²) in [4.78, 5) is 26.5. The third-order valence-corrected chi connectivity index (χ3v) is 4.58. The summed E-state index contributed by atoms with van der Waals surface area (Å²) in [7, 11) is 0. The van der Waals surface area contributed by atoms with Gasteiger partial charge in [-0.25, -0.2) is 4.79 Å². The Morgan fingerprint density at radius 2 is 2.09 bits per heavy atom. The van der Waals surface area contributed by atoms with Crippen molar-refractivity contribution in [3.05, 3.63) is 36.0 Å². The van der Waals surface area contributed by atoms with Gasteiger partial charge in [0.2, 0.25) is 5.91 Å². The third-order valence-electron chi connectivity index (χ3n) is 3.61. The van der Waals surface area contributed by atoms with Crippen LogP contribution in [0.4, 0.5) is 0 Å². The van der Waals surface area contributed by atoms with Crippen LogP contribution in [0.5, 0.6) is 0 Å². The molecule has 2 aromatic rings. The molecule has 1 aromatic heterocycles. The molecule has 5 nitrogen and oxygen atoms in total. The molecule has 0 aliphatic heterocycles. The number of hydrogen-bond acceptors (Lipinski definition) is 3. The van der Waals surface area contributed by atoms with E-state index in [0.717, 1.165) is 16.5 Å². The van der Waals surface area contributed by atoms with Crippen LogP contribution < -0.4 is 5.32 Å². The molecule has 22 heavy (non-hydrogen) atoms. The van der Waals surface area contributed by atoms with E-state index >= 15 is 0 Å². The van der Waals surface area contributed by atoms with Crippen molar-refractivity contribution in [2.75, 3.05) is 6.26 Å². The molecular weight excluding hydrogens is 300 g/mol. The summed E-state index contributed by atoms with van der Waals surface area (Å²) in [6.45, 7) is 1.94. The first-order chi connectivity index (χ1) is 10.5. The Morgan fingerprint density at radius 3 is 2.77 bits per heavy atom. The number of carboxylic acids is 1. The number of para-hydroxylation sites is 1. The van der Waals surface area contributed by atoms with Crippen molar-refractivity contribution in [1.29, 1.82) is 0 Å². The molecule has 0 saturated heterocycles. The zero-order valence-electron chi connectivity index (χ0n) is 12.6. The maximum absolute atomic E-state index is 11.9. The Balaban J connectivity index is 2.09. The molecule has 2 atom stereocenters. The van der Waals surface area contributed by atoms with E-state index in [1.54, 1.807) is 18.0 Å². The first kappa shape index (κ1) is 16.4. The summed E-state index contributed by atoms with van der Waals surface area (Å²) in [6, 6.07) is 6.79. The first-order valence-electron chi connectivity index (χ1n) is 7.11. The lowest BCUT2D eigenvalue weighted by Gasteiger charge is -2.15. The Bertz CT molecular complexity index is 668. The fourth-order valence-electron chi connectivity index (χ4n) is 2.32. The predicted molar refractivity (Wildman–Crippen MR) is 89.2 cm³/mol. The number of hydrogen-bond donors (Lipinski definition) is 3. The average Bonchev–Trinajstić information content (AvgIpc) is 2.89. The number of nitrogens with one attached hydrogen (secondary N) is 2. The Labute approximate surface area is 133 Å². The van der Waals surface area contributed by atoms with Crippen LogP contribution in [-0.2, 0) is 16.0 Å². The molecule has 0 spiro atoms. The van der Waals surface area contributed by atoms with Gasteiger partial charge in [0.05, 0.1) is 0 Å². The molecule has 6 heteroatoms. The molecule has 1 heterocycles. The minimum atomic E-state index is -1.02. The van der Waals surface area contributed by atoms with Crippen molar-refractivity contribution < 1.29 is 14.7 Å². The zero-order valence-corrected chi connectivity index (χ0v) is 13.4. The van der Waals surface area contributed by atoms with Gasteiger partial charge in [-0.1, -0.05) is 25.1 Å². The van der Waals surface area contributed by atoms with Crippen LogP contribution in [0.3, 0.4) is 0 Å². The van der Waals surface area contributed by atoms with Gasteiger partial charge in [0.25, 0.3) is 0 Å². The zero-order chi connectivity index (χ0) is 16.1. The number of carboxylic acid groups (broad SMARTS) is 1. The van der Waals surface area contributed by atoms with E-state index in [9.17, 15) is 14.7 Å². The van der Waals surface area contributed by atoms with Gasteiger partial charge < -0.3 is 15.4 Å². The molecule has 0 aliphatic rings. The van der Waals surface area contributed by atoms with Crippen molar-refractivity contribution in [2.45, 2.75) is 31.1 Å². The number of thioether (sulfide) groups is 1. The largest absolute Gasteiger partial charge is 0.480 e. The molecule has 1 aromatic carbocycles. The number of H-pyrrole nitrogens is 1. The van der Waals surface area contributed by atoms with Crippen molar-refractivity contribution in [2.24, 2.45) is 0 Å². The number of amides is 1. The van der Waals surface area contributed by atoms with E-state index in [-0.39, 0.29) is 17.6 Å². The minimum Gasteiger partial charge on any atom is -0.480 e. The highest BCUT2D eigenvalue weighted by Crippen LogP contribution is 2.19. The maximum Gasteiger partial charge on any atom is 0.326 e. The molecule has 2 unspecified atom stereocenters.